The molecule has 1 fully saturated rings. The molecule has 0 bridgehead atoms. The second kappa shape index (κ2) is 5.85. The van der Waals surface area contributed by atoms with Gasteiger partial charge in [0.1, 0.15) is 5.82 Å². The highest BCUT2D eigenvalue weighted by molar-refractivity contribution is 4.95. The van der Waals surface area contributed by atoms with Crippen LogP contribution in [0.5, 0.6) is 0 Å². The van der Waals surface area contributed by atoms with Crippen molar-refractivity contribution in [3.8, 4) is 0 Å². The first-order valence-electron chi connectivity index (χ1n) is 6.97. The second-order valence-corrected chi connectivity index (χ2v) is 5.75. The van der Waals surface area contributed by atoms with Gasteiger partial charge in [0.05, 0.1) is 6.61 Å². The molecule has 2 rings (SSSR count). The van der Waals surface area contributed by atoms with Crippen molar-refractivity contribution in [2.24, 2.45) is 13.0 Å². The lowest BCUT2D eigenvalue weighted by atomic mass is 9.77. The molecule has 0 spiro atoms. The van der Waals surface area contributed by atoms with Gasteiger partial charge in [-0.3, -0.25) is 0 Å². The lowest BCUT2D eigenvalue weighted by Crippen LogP contribution is -2.51. The lowest BCUT2D eigenvalue weighted by molar-refractivity contribution is 0.106. The summed E-state index contributed by atoms with van der Waals surface area (Å²) in [7, 11) is 2.02. The van der Waals surface area contributed by atoms with Crippen LogP contribution in [0.2, 0.25) is 0 Å². The molecule has 18 heavy (non-hydrogen) atoms. The molecule has 4 nitrogen and oxygen atoms in total. The Balaban J connectivity index is 1.82. The number of aliphatic hydroxyl groups excluding tert-OH is 1. The van der Waals surface area contributed by atoms with Gasteiger partial charge in [-0.25, -0.2) is 4.98 Å². The Bertz CT molecular complexity index is 367. The summed E-state index contributed by atoms with van der Waals surface area (Å²) in [6, 6.07) is 0. The van der Waals surface area contributed by atoms with E-state index in [0.717, 1.165) is 37.5 Å². The van der Waals surface area contributed by atoms with Crippen molar-refractivity contribution in [2.45, 2.75) is 44.6 Å². The van der Waals surface area contributed by atoms with E-state index in [4.69, 9.17) is 0 Å². The van der Waals surface area contributed by atoms with Gasteiger partial charge in [-0.2, -0.15) is 0 Å². The molecule has 1 aromatic rings. The van der Waals surface area contributed by atoms with Crippen LogP contribution in [-0.2, 0) is 13.5 Å². The van der Waals surface area contributed by atoms with E-state index in [9.17, 15) is 5.11 Å². The number of aromatic nitrogens is 2. The van der Waals surface area contributed by atoms with Crippen molar-refractivity contribution in [1.29, 1.82) is 0 Å². The normalized spacial score (nSPS) is 28.5. The van der Waals surface area contributed by atoms with Crippen molar-refractivity contribution in [1.82, 2.24) is 14.9 Å². The van der Waals surface area contributed by atoms with E-state index in [1.54, 1.807) is 0 Å². The summed E-state index contributed by atoms with van der Waals surface area (Å²) in [5.74, 6) is 1.90. The van der Waals surface area contributed by atoms with Crippen LogP contribution in [0.1, 0.15) is 38.4 Å². The Kier molecular flexibility index (Phi) is 4.40. The number of aryl methyl sites for hydroxylation is 1. The summed E-state index contributed by atoms with van der Waals surface area (Å²) in [6.07, 6.45) is 9.34. The van der Waals surface area contributed by atoms with Gasteiger partial charge >= 0.3 is 0 Å². The fourth-order valence-electron chi connectivity index (χ4n) is 2.78. The van der Waals surface area contributed by atoms with E-state index >= 15 is 0 Å². The molecule has 0 aliphatic heterocycles. The Morgan fingerprint density at radius 3 is 2.78 bits per heavy atom. The second-order valence-electron chi connectivity index (χ2n) is 5.75. The van der Waals surface area contributed by atoms with Crippen LogP contribution >= 0.6 is 0 Å². The fourth-order valence-corrected chi connectivity index (χ4v) is 2.78. The van der Waals surface area contributed by atoms with Crippen molar-refractivity contribution in [2.75, 3.05) is 13.2 Å². The van der Waals surface area contributed by atoms with Crippen molar-refractivity contribution in [3.63, 3.8) is 0 Å². The minimum Gasteiger partial charge on any atom is -0.394 e. The van der Waals surface area contributed by atoms with Crippen LogP contribution in [0.15, 0.2) is 12.4 Å². The molecule has 102 valence electrons. The zero-order valence-corrected chi connectivity index (χ0v) is 11.5. The molecule has 1 aromatic heterocycles. The van der Waals surface area contributed by atoms with Gasteiger partial charge in [-0.15, -0.1) is 0 Å². The summed E-state index contributed by atoms with van der Waals surface area (Å²) in [4.78, 5) is 4.32. The van der Waals surface area contributed by atoms with E-state index in [2.05, 4.69) is 21.8 Å². The highest BCUT2D eigenvalue weighted by atomic mass is 16.3. The van der Waals surface area contributed by atoms with Gasteiger partial charge in [0.15, 0.2) is 0 Å². The summed E-state index contributed by atoms with van der Waals surface area (Å²) in [5, 5.41) is 13.2. The Hall–Kier alpha value is -0.870. The molecule has 0 radical (unpaired) electrons. The molecule has 1 saturated carbocycles. The highest BCUT2D eigenvalue weighted by Crippen LogP contribution is 2.31. The number of nitrogens with one attached hydrogen (secondary N) is 1. The summed E-state index contributed by atoms with van der Waals surface area (Å²) in [5.41, 5.74) is -0.0440. The molecule has 0 aromatic carbocycles. The monoisotopic (exact) mass is 251 g/mol. The first-order valence-corrected chi connectivity index (χ1v) is 6.97. The summed E-state index contributed by atoms with van der Waals surface area (Å²) < 4.78 is 2.05. The average molecular weight is 251 g/mol. The molecule has 1 aliphatic rings. The van der Waals surface area contributed by atoms with Gasteiger partial charge in [-0.05, 0) is 31.6 Å². The number of nitrogens with zero attached hydrogens (tertiary/aromatic N) is 2. The number of hydrogen-bond acceptors (Lipinski definition) is 3. The van der Waals surface area contributed by atoms with E-state index in [1.165, 1.54) is 12.8 Å². The van der Waals surface area contributed by atoms with Crippen LogP contribution in [0, 0.1) is 5.92 Å². The maximum absolute atomic E-state index is 9.66. The first-order chi connectivity index (χ1) is 8.65. The summed E-state index contributed by atoms with van der Waals surface area (Å²) >= 11 is 0. The molecule has 1 aliphatic carbocycles. The zero-order chi connectivity index (χ0) is 13.0. The maximum Gasteiger partial charge on any atom is 0.109 e. The van der Waals surface area contributed by atoms with Crippen LogP contribution in [0.25, 0.3) is 0 Å². The van der Waals surface area contributed by atoms with Crippen LogP contribution in [0.4, 0.5) is 0 Å². The molecular weight excluding hydrogens is 226 g/mol. The zero-order valence-electron chi connectivity index (χ0n) is 11.5. The predicted molar refractivity (Wildman–Crippen MR) is 72.4 cm³/mol. The Morgan fingerprint density at radius 2 is 2.22 bits per heavy atom. The van der Waals surface area contributed by atoms with Crippen LogP contribution in [0.3, 0.4) is 0 Å². The van der Waals surface area contributed by atoms with Crippen LogP contribution < -0.4 is 5.32 Å². The van der Waals surface area contributed by atoms with E-state index < -0.39 is 0 Å². The molecule has 2 N–H and O–H groups in total. The fraction of sp³-hybridized carbons (Fsp3) is 0.786. The predicted octanol–water partition coefficient (Wildman–Crippen LogP) is 1.49. The maximum atomic E-state index is 9.66. The molecule has 0 unspecified atom stereocenters. The summed E-state index contributed by atoms with van der Waals surface area (Å²) in [6.45, 7) is 3.44. The lowest BCUT2D eigenvalue weighted by Gasteiger charge is -2.39. The average Bonchev–Trinajstić information content (AvgIpc) is 2.78. The smallest absolute Gasteiger partial charge is 0.109 e. The van der Waals surface area contributed by atoms with Crippen molar-refractivity contribution in [3.05, 3.63) is 18.2 Å². The van der Waals surface area contributed by atoms with Gasteiger partial charge < -0.3 is 15.0 Å². The van der Waals surface area contributed by atoms with Gasteiger partial charge in [0.2, 0.25) is 0 Å². The Labute approximate surface area is 109 Å². The molecule has 0 atom stereocenters. The molecule has 0 amide bonds. The van der Waals surface area contributed by atoms with Crippen molar-refractivity contribution >= 4 is 0 Å². The van der Waals surface area contributed by atoms with Gasteiger partial charge in [0, 0.05) is 37.9 Å². The SMILES string of the molecule is CC1CCC(CO)(NCCc2nccn2C)CC1. The minimum absolute atomic E-state index is 0.0440. The molecular formula is C14H25N3O. The number of aliphatic hydroxyl groups is 1. The third kappa shape index (κ3) is 3.12. The third-order valence-electron chi connectivity index (χ3n) is 4.30. The topological polar surface area (TPSA) is 50.1 Å². The quantitative estimate of drug-likeness (QED) is 0.833. The van der Waals surface area contributed by atoms with Crippen molar-refractivity contribution < 1.29 is 5.11 Å². The number of hydrogen-bond donors (Lipinski definition) is 2. The highest BCUT2D eigenvalue weighted by Gasteiger charge is 2.32. The van der Waals surface area contributed by atoms with E-state index in [-0.39, 0.29) is 12.1 Å². The Morgan fingerprint density at radius 1 is 1.50 bits per heavy atom. The number of imidazole rings is 1. The third-order valence-corrected chi connectivity index (χ3v) is 4.30. The van der Waals surface area contributed by atoms with Crippen LogP contribution in [-0.4, -0.2) is 33.3 Å². The van der Waals surface area contributed by atoms with E-state index in [1.807, 2.05) is 19.4 Å². The minimum atomic E-state index is -0.0440. The first kappa shape index (κ1) is 13.6. The van der Waals surface area contributed by atoms with Gasteiger partial charge in [-0.1, -0.05) is 6.92 Å². The van der Waals surface area contributed by atoms with Gasteiger partial charge in [0.25, 0.3) is 0 Å². The standard InChI is InChI=1S/C14H25N3O/c1-12-3-6-14(11-18,7-4-12)16-8-5-13-15-9-10-17(13)2/h9-10,12,16,18H,3-8,11H2,1-2H3. The number of rotatable bonds is 5. The molecule has 1 heterocycles. The molecule has 0 saturated heterocycles. The molecule has 4 heteroatoms. The largest absolute Gasteiger partial charge is 0.394 e. The van der Waals surface area contributed by atoms with E-state index in [0.29, 0.717) is 0 Å².